The Morgan fingerprint density at radius 2 is 2.20 bits per heavy atom. The van der Waals surface area contributed by atoms with E-state index in [2.05, 4.69) is 22.3 Å². The minimum atomic E-state index is 0. The third kappa shape index (κ3) is 2.58. The van der Waals surface area contributed by atoms with Gasteiger partial charge in [-0.2, -0.15) is 0 Å². The second kappa shape index (κ2) is 4.57. The molecule has 10 heavy (non-hydrogen) atoms. The van der Waals surface area contributed by atoms with Gasteiger partial charge in [0.25, 0.3) is 0 Å². The highest BCUT2D eigenvalue weighted by Gasteiger charge is 2.04. The Bertz CT molecular complexity index is 116. The number of halogens is 1. The zero-order valence-electron chi connectivity index (χ0n) is 6.37. The van der Waals surface area contributed by atoms with E-state index in [4.69, 9.17) is 0 Å². The summed E-state index contributed by atoms with van der Waals surface area (Å²) in [6.07, 6.45) is 4.08. The van der Waals surface area contributed by atoms with Gasteiger partial charge < -0.3 is 4.90 Å². The van der Waals surface area contributed by atoms with Crippen LogP contribution in [0.4, 0.5) is 0 Å². The molecule has 0 spiro atoms. The summed E-state index contributed by atoms with van der Waals surface area (Å²) < 4.78 is 0. The van der Waals surface area contributed by atoms with Crippen LogP contribution in [0.3, 0.4) is 0 Å². The van der Waals surface area contributed by atoms with Crippen molar-refractivity contribution in [1.82, 2.24) is 15.3 Å². The van der Waals surface area contributed by atoms with Gasteiger partial charge in [0.15, 0.2) is 0 Å². The molecule has 0 aromatic rings. The summed E-state index contributed by atoms with van der Waals surface area (Å²) in [4.78, 5) is 2.11. The Kier molecular flexibility index (Phi) is 4.47. The Labute approximate surface area is 72.4 Å². The molecule has 1 heterocycles. The van der Waals surface area contributed by atoms with Gasteiger partial charge in [-0.25, -0.2) is 5.43 Å². The monoisotopic (exact) mass is 207 g/mol. The van der Waals surface area contributed by atoms with Crippen LogP contribution in [0.25, 0.3) is 0 Å². The molecule has 0 atom stereocenters. The van der Waals surface area contributed by atoms with Gasteiger partial charge in [0, 0.05) is 26.0 Å². The maximum Gasteiger partial charge on any atom is 0.104 e. The molecule has 0 radical (unpaired) electrons. The molecule has 1 aliphatic heterocycles. The molecule has 1 rings (SSSR count). The first kappa shape index (κ1) is 9.78. The van der Waals surface area contributed by atoms with Crippen molar-refractivity contribution < 1.29 is 0 Å². The second-order valence-corrected chi connectivity index (χ2v) is 2.18. The summed E-state index contributed by atoms with van der Waals surface area (Å²) >= 11 is 0. The quantitative estimate of drug-likeness (QED) is 0.722. The maximum atomic E-state index is 3.18. The molecule has 0 fully saturated rings. The fourth-order valence-corrected chi connectivity index (χ4v) is 0.835. The van der Waals surface area contributed by atoms with E-state index in [9.17, 15) is 0 Å². The smallest absolute Gasteiger partial charge is 0.104 e. The van der Waals surface area contributed by atoms with Gasteiger partial charge in [-0.3, -0.25) is 5.01 Å². The van der Waals surface area contributed by atoms with Crippen molar-refractivity contribution in [2.45, 2.75) is 6.92 Å². The third-order valence-corrected chi connectivity index (χ3v) is 1.24. The highest BCUT2D eigenvalue weighted by atomic mass is 79.9. The molecule has 3 nitrogen and oxygen atoms in total. The summed E-state index contributed by atoms with van der Waals surface area (Å²) in [6, 6.07) is 0. The van der Waals surface area contributed by atoms with E-state index >= 15 is 0 Å². The first-order valence-electron chi connectivity index (χ1n) is 3.21. The van der Waals surface area contributed by atoms with Crippen LogP contribution in [0.1, 0.15) is 6.92 Å². The fourth-order valence-electron chi connectivity index (χ4n) is 0.835. The summed E-state index contributed by atoms with van der Waals surface area (Å²) in [6.45, 7) is 4.03. The Balaban J connectivity index is 0.000000810. The van der Waals surface area contributed by atoms with Gasteiger partial charge in [0.2, 0.25) is 0 Å². The number of rotatable bonds is 2. The predicted molar refractivity (Wildman–Crippen MR) is 47.6 cm³/mol. The lowest BCUT2D eigenvalue weighted by Crippen LogP contribution is -2.34. The van der Waals surface area contributed by atoms with E-state index in [-0.39, 0.29) is 17.0 Å². The Hall–Kier alpha value is -0.220. The molecule has 0 unspecified atom stereocenters. The van der Waals surface area contributed by atoms with E-state index < -0.39 is 0 Å². The molecule has 0 aliphatic carbocycles. The van der Waals surface area contributed by atoms with Crippen molar-refractivity contribution in [2.24, 2.45) is 0 Å². The normalized spacial score (nSPS) is 15.8. The largest absolute Gasteiger partial charge is 0.360 e. The van der Waals surface area contributed by atoms with Crippen LogP contribution >= 0.6 is 17.0 Å². The van der Waals surface area contributed by atoms with Crippen LogP contribution in [0.15, 0.2) is 12.4 Å². The fraction of sp³-hybridized carbons (Fsp3) is 0.667. The van der Waals surface area contributed by atoms with E-state index in [0.29, 0.717) is 0 Å². The van der Waals surface area contributed by atoms with Gasteiger partial charge in [0.1, 0.15) is 6.67 Å². The SMILES string of the molecule is Br.CCNN1C=CN(C)C1. The molecule has 0 amide bonds. The van der Waals surface area contributed by atoms with Crippen LogP contribution in [0.5, 0.6) is 0 Å². The van der Waals surface area contributed by atoms with Gasteiger partial charge in [-0.1, -0.05) is 6.92 Å². The number of hydrogen-bond acceptors (Lipinski definition) is 3. The molecule has 0 saturated carbocycles. The van der Waals surface area contributed by atoms with E-state index in [1.165, 1.54) is 0 Å². The molecule has 0 saturated heterocycles. The second-order valence-electron chi connectivity index (χ2n) is 2.18. The van der Waals surface area contributed by atoms with Gasteiger partial charge in [-0.05, 0) is 0 Å². The molecule has 0 bridgehead atoms. The summed E-state index contributed by atoms with van der Waals surface area (Å²) in [5, 5.41) is 2.06. The molecule has 1 N–H and O–H groups in total. The van der Waals surface area contributed by atoms with Crippen molar-refractivity contribution in [2.75, 3.05) is 20.3 Å². The van der Waals surface area contributed by atoms with Gasteiger partial charge >= 0.3 is 0 Å². The summed E-state index contributed by atoms with van der Waals surface area (Å²) in [7, 11) is 2.05. The Morgan fingerprint density at radius 3 is 2.60 bits per heavy atom. The van der Waals surface area contributed by atoms with Crippen LogP contribution in [-0.4, -0.2) is 30.2 Å². The van der Waals surface area contributed by atoms with Gasteiger partial charge in [-0.15, -0.1) is 17.0 Å². The number of nitrogens with zero attached hydrogens (tertiary/aromatic N) is 2. The highest BCUT2D eigenvalue weighted by Crippen LogP contribution is 1.98. The van der Waals surface area contributed by atoms with E-state index in [1.807, 2.05) is 19.4 Å². The third-order valence-electron chi connectivity index (χ3n) is 1.24. The summed E-state index contributed by atoms with van der Waals surface area (Å²) in [5.74, 6) is 0. The Morgan fingerprint density at radius 1 is 1.50 bits per heavy atom. The lowest BCUT2D eigenvalue weighted by Gasteiger charge is -2.17. The molecule has 0 aromatic carbocycles. The van der Waals surface area contributed by atoms with Gasteiger partial charge in [0.05, 0.1) is 0 Å². The highest BCUT2D eigenvalue weighted by molar-refractivity contribution is 8.93. The number of nitrogens with one attached hydrogen (secondary N) is 1. The minimum absolute atomic E-state index is 0. The van der Waals surface area contributed by atoms with Crippen molar-refractivity contribution >= 4 is 17.0 Å². The van der Waals surface area contributed by atoms with Crippen molar-refractivity contribution in [3.8, 4) is 0 Å². The van der Waals surface area contributed by atoms with Crippen molar-refractivity contribution in [3.05, 3.63) is 12.4 Å². The maximum absolute atomic E-state index is 3.18. The first-order valence-corrected chi connectivity index (χ1v) is 3.21. The summed E-state index contributed by atoms with van der Waals surface area (Å²) in [5.41, 5.74) is 3.18. The zero-order valence-corrected chi connectivity index (χ0v) is 8.08. The lowest BCUT2D eigenvalue weighted by molar-refractivity contribution is 0.229. The molecular formula is C6H14BrN3. The average Bonchev–Trinajstić information content (AvgIpc) is 2.17. The molecule has 0 aromatic heterocycles. The number of hydrazine groups is 1. The molecule has 4 heteroatoms. The topological polar surface area (TPSA) is 18.5 Å². The molecule has 60 valence electrons. The van der Waals surface area contributed by atoms with Crippen LogP contribution in [0, 0.1) is 0 Å². The average molecular weight is 208 g/mol. The van der Waals surface area contributed by atoms with Crippen LogP contribution in [-0.2, 0) is 0 Å². The standard InChI is InChI=1S/C6H13N3.BrH/c1-3-7-9-5-4-8(2)6-9;/h4-5,7H,3,6H2,1-2H3;1H. The lowest BCUT2D eigenvalue weighted by atomic mass is 10.8. The predicted octanol–water partition coefficient (Wildman–Crippen LogP) is 0.765. The van der Waals surface area contributed by atoms with Crippen molar-refractivity contribution in [1.29, 1.82) is 0 Å². The number of hydrogen-bond donors (Lipinski definition) is 1. The van der Waals surface area contributed by atoms with E-state index in [1.54, 1.807) is 0 Å². The van der Waals surface area contributed by atoms with Crippen LogP contribution < -0.4 is 5.43 Å². The van der Waals surface area contributed by atoms with Crippen molar-refractivity contribution in [3.63, 3.8) is 0 Å². The molecular weight excluding hydrogens is 194 g/mol. The minimum Gasteiger partial charge on any atom is -0.360 e. The zero-order chi connectivity index (χ0) is 6.69. The van der Waals surface area contributed by atoms with E-state index in [0.717, 1.165) is 13.2 Å². The van der Waals surface area contributed by atoms with Crippen LogP contribution in [0.2, 0.25) is 0 Å². The first-order chi connectivity index (χ1) is 4.33. The molecule has 1 aliphatic rings.